The van der Waals surface area contributed by atoms with Gasteiger partial charge < -0.3 is 15.0 Å². The second-order valence-electron chi connectivity index (χ2n) is 5.30. The highest BCUT2D eigenvalue weighted by Gasteiger charge is 2.24. The van der Waals surface area contributed by atoms with Gasteiger partial charge in [0.15, 0.2) is 0 Å². The van der Waals surface area contributed by atoms with Crippen molar-refractivity contribution in [3.8, 4) is 5.88 Å². The molecule has 1 atom stereocenters. The highest BCUT2D eigenvalue weighted by Crippen LogP contribution is 2.22. The molecule has 5 nitrogen and oxygen atoms in total. The number of piperidine rings is 1. The van der Waals surface area contributed by atoms with E-state index in [1.165, 1.54) is 19.3 Å². The van der Waals surface area contributed by atoms with Crippen LogP contribution in [0.4, 0.5) is 5.95 Å². The zero-order valence-corrected chi connectivity index (χ0v) is 12.1. The molecule has 0 bridgehead atoms. The zero-order chi connectivity index (χ0) is 13.7. The fourth-order valence-electron chi connectivity index (χ4n) is 2.43. The van der Waals surface area contributed by atoms with Crippen LogP contribution < -0.4 is 15.0 Å². The number of hydrogen-bond donors (Lipinski definition) is 1. The minimum absolute atomic E-state index is 0.475. The first-order valence-electron chi connectivity index (χ1n) is 7.07. The summed E-state index contributed by atoms with van der Waals surface area (Å²) < 4.78 is 5.19. The number of hydrogen-bond acceptors (Lipinski definition) is 5. The molecule has 19 heavy (non-hydrogen) atoms. The lowest BCUT2D eigenvalue weighted by atomic mass is 10.0. The number of nitrogens with zero attached hydrogens (tertiary/aromatic N) is 3. The molecule has 1 aliphatic rings. The molecular formula is C14H24N4O. The lowest BCUT2D eigenvalue weighted by Gasteiger charge is -2.36. The number of nitrogens with one attached hydrogen (secondary N) is 1. The minimum atomic E-state index is 0.475. The first kappa shape index (κ1) is 14.1. The van der Waals surface area contributed by atoms with E-state index in [9.17, 15) is 0 Å². The van der Waals surface area contributed by atoms with Gasteiger partial charge in [0.25, 0.3) is 0 Å². The van der Waals surface area contributed by atoms with Crippen molar-refractivity contribution < 1.29 is 4.74 Å². The third kappa shape index (κ3) is 3.80. The Kier molecular flexibility index (Phi) is 4.96. The predicted octanol–water partition coefficient (Wildman–Crippen LogP) is 1.84. The van der Waals surface area contributed by atoms with E-state index in [0.717, 1.165) is 19.0 Å². The van der Waals surface area contributed by atoms with Gasteiger partial charge in [-0.2, -0.15) is 4.98 Å². The van der Waals surface area contributed by atoms with Crippen LogP contribution in [0.2, 0.25) is 0 Å². The van der Waals surface area contributed by atoms with Gasteiger partial charge in [0.1, 0.15) is 0 Å². The monoisotopic (exact) mass is 264 g/mol. The summed E-state index contributed by atoms with van der Waals surface area (Å²) in [5, 5.41) is 3.52. The van der Waals surface area contributed by atoms with Crippen molar-refractivity contribution in [3.63, 3.8) is 0 Å². The summed E-state index contributed by atoms with van der Waals surface area (Å²) in [7, 11) is 1.64. The fourth-order valence-corrected chi connectivity index (χ4v) is 2.43. The van der Waals surface area contributed by atoms with Gasteiger partial charge in [-0.1, -0.05) is 13.8 Å². The number of aromatic nitrogens is 2. The van der Waals surface area contributed by atoms with Gasteiger partial charge in [-0.15, -0.1) is 0 Å². The molecule has 2 rings (SSSR count). The molecule has 0 aliphatic carbocycles. The van der Waals surface area contributed by atoms with Crippen molar-refractivity contribution in [2.24, 2.45) is 0 Å². The molecular weight excluding hydrogens is 240 g/mol. The molecule has 2 heterocycles. The molecule has 1 saturated heterocycles. The maximum absolute atomic E-state index is 5.19. The van der Waals surface area contributed by atoms with Crippen LogP contribution in [0.3, 0.4) is 0 Å². The van der Waals surface area contributed by atoms with Crippen LogP contribution in [0, 0.1) is 0 Å². The Morgan fingerprint density at radius 3 is 3.05 bits per heavy atom. The third-order valence-corrected chi connectivity index (χ3v) is 3.47. The van der Waals surface area contributed by atoms with E-state index in [0.29, 0.717) is 18.0 Å². The van der Waals surface area contributed by atoms with Gasteiger partial charge in [-0.25, -0.2) is 4.98 Å². The van der Waals surface area contributed by atoms with Crippen molar-refractivity contribution >= 4 is 5.95 Å². The Labute approximate surface area is 115 Å². The predicted molar refractivity (Wildman–Crippen MR) is 76.7 cm³/mol. The zero-order valence-electron chi connectivity index (χ0n) is 12.1. The van der Waals surface area contributed by atoms with Gasteiger partial charge >= 0.3 is 0 Å². The molecule has 0 aromatic carbocycles. The van der Waals surface area contributed by atoms with E-state index in [4.69, 9.17) is 4.74 Å². The van der Waals surface area contributed by atoms with Crippen LogP contribution in [0.1, 0.15) is 33.1 Å². The smallest absolute Gasteiger partial charge is 0.228 e. The fraction of sp³-hybridized carbons (Fsp3) is 0.714. The minimum Gasteiger partial charge on any atom is -0.481 e. The standard InChI is InChI=1S/C14H24N4O/c1-11(2)16-10-12-6-4-5-9-18(12)14-15-8-7-13(17-14)19-3/h7-8,11-12,16H,4-6,9-10H2,1-3H3. The first-order chi connectivity index (χ1) is 9.20. The summed E-state index contributed by atoms with van der Waals surface area (Å²) in [6.07, 6.45) is 5.45. The quantitative estimate of drug-likeness (QED) is 0.879. The molecule has 0 radical (unpaired) electrons. The molecule has 106 valence electrons. The van der Waals surface area contributed by atoms with Gasteiger partial charge in [0.05, 0.1) is 7.11 Å². The summed E-state index contributed by atoms with van der Waals surface area (Å²) >= 11 is 0. The summed E-state index contributed by atoms with van der Waals surface area (Å²) in [5.41, 5.74) is 0. The summed E-state index contributed by atoms with van der Waals surface area (Å²) in [6, 6.07) is 2.77. The number of ether oxygens (including phenoxy) is 1. The highest BCUT2D eigenvalue weighted by molar-refractivity contribution is 5.34. The molecule has 0 spiro atoms. The topological polar surface area (TPSA) is 50.3 Å². The Balaban J connectivity index is 2.09. The summed E-state index contributed by atoms with van der Waals surface area (Å²) in [6.45, 7) is 6.36. The van der Waals surface area contributed by atoms with Crippen molar-refractivity contribution in [1.29, 1.82) is 0 Å². The molecule has 1 aromatic heterocycles. The van der Waals surface area contributed by atoms with E-state index >= 15 is 0 Å². The van der Waals surface area contributed by atoms with E-state index in [1.807, 2.05) is 0 Å². The molecule has 1 aliphatic heterocycles. The molecule has 0 saturated carbocycles. The van der Waals surface area contributed by atoms with Crippen LogP contribution in [0.15, 0.2) is 12.3 Å². The SMILES string of the molecule is COc1ccnc(N2CCCCC2CNC(C)C)n1. The highest BCUT2D eigenvalue weighted by atomic mass is 16.5. The van der Waals surface area contributed by atoms with Gasteiger partial charge in [-0.3, -0.25) is 0 Å². The molecule has 1 unspecified atom stereocenters. The first-order valence-corrected chi connectivity index (χ1v) is 7.07. The largest absolute Gasteiger partial charge is 0.481 e. The molecule has 5 heteroatoms. The Morgan fingerprint density at radius 1 is 1.47 bits per heavy atom. The number of methoxy groups -OCH3 is 1. The molecule has 1 N–H and O–H groups in total. The number of rotatable bonds is 5. The van der Waals surface area contributed by atoms with Crippen LogP contribution in [-0.4, -0.2) is 42.3 Å². The summed E-state index contributed by atoms with van der Waals surface area (Å²) in [4.78, 5) is 11.2. The van der Waals surface area contributed by atoms with Gasteiger partial charge in [0.2, 0.25) is 11.8 Å². The molecule has 1 aromatic rings. The maximum Gasteiger partial charge on any atom is 0.228 e. The molecule has 1 fully saturated rings. The Bertz CT molecular complexity index is 397. The van der Waals surface area contributed by atoms with Crippen molar-refractivity contribution in [3.05, 3.63) is 12.3 Å². The lowest BCUT2D eigenvalue weighted by Crippen LogP contribution is -2.47. The lowest BCUT2D eigenvalue weighted by molar-refractivity contribution is 0.389. The normalized spacial score (nSPS) is 19.8. The van der Waals surface area contributed by atoms with E-state index in [2.05, 4.69) is 34.0 Å². The van der Waals surface area contributed by atoms with E-state index < -0.39 is 0 Å². The Morgan fingerprint density at radius 2 is 2.32 bits per heavy atom. The van der Waals surface area contributed by atoms with Gasteiger partial charge in [0, 0.05) is 37.4 Å². The average molecular weight is 264 g/mol. The molecule has 0 amide bonds. The average Bonchev–Trinajstić information content (AvgIpc) is 2.45. The van der Waals surface area contributed by atoms with Crippen LogP contribution in [-0.2, 0) is 0 Å². The second kappa shape index (κ2) is 6.70. The maximum atomic E-state index is 5.19. The van der Waals surface area contributed by atoms with E-state index in [1.54, 1.807) is 19.4 Å². The second-order valence-corrected chi connectivity index (χ2v) is 5.30. The Hall–Kier alpha value is -1.36. The third-order valence-electron chi connectivity index (χ3n) is 3.47. The number of anilines is 1. The van der Waals surface area contributed by atoms with E-state index in [-0.39, 0.29) is 0 Å². The van der Waals surface area contributed by atoms with Crippen LogP contribution >= 0.6 is 0 Å². The summed E-state index contributed by atoms with van der Waals surface area (Å²) in [5.74, 6) is 1.42. The van der Waals surface area contributed by atoms with Crippen molar-refractivity contribution in [1.82, 2.24) is 15.3 Å². The van der Waals surface area contributed by atoms with Crippen molar-refractivity contribution in [2.45, 2.75) is 45.2 Å². The van der Waals surface area contributed by atoms with Crippen molar-refractivity contribution in [2.75, 3.05) is 25.1 Å². The van der Waals surface area contributed by atoms with Gasteiger partial charge in [-0.05, 0) is 19.3 Å². The van der Waals surface area contributed by atoms with Crippen LogP contribution in [0.25, 0.3) is 0 Å². The van der Waals surface area contributed by atoms with Crippen LogP contribution in [0.5, 0.6) is 5.88 Å².